The van der Waals surface area contributed by atoms with E-state index in [0.717, 1.165) is 18.9 Å². The van der Waals surface area contributed by atoms with E-state index < -0.39 is 0 Å². The summed E-state index contributed by atoms with van der Waals surface area (Å²) >= 11 is 0. The Hall–Kier alpha value is -2.47. The van der Waals surface area contributed by atoms with Crippen LogP contribution in [0, 0.1) is 0 Å². The molecule has 2 aromatic heterocycles. The van der Waals surface area contributed by atoms with Gasteiger partial charge in [-0.05, 0) is 37.9 Å². The third-order valence-electron chi connectivity index (χ3n) is 5.01. The maximum atomic E-state index is 5.55. The van der Waals surface area contributed by atoms with Crippen LogP contribution in [-0.2, 0) is 6.42 Å². The summed E-state index contributed by atoms with van der Waals surface area (Å²) in [7, 11) is 0. The Bertz CT molecular complexity index is 783. The fraction of sp³-hybridized carbons (Fsp3) is 0.421. The largest absolute Gasteiger partial charge is 0.338 e. The molecule has 3 heterocycles. The fourth-order valence-electron chi connectivity index (χ4n) is 3.55. The summed E-state index contributed by atoms with van der Waals surface area (Å²) in [5.41, 5.74) is 2.41. The average molecular weight is 337 g/mol. The van der Waals surface area contributed by atoms with Crippen LogP contribution in [0.25, 0.3) is 0 Å². The van der Waals surface area contributed by atoms with Gasteiger partial charge in [-0.25, -0.2) is 0 Å². The molecule has 130 valence electrons. The number of nitrogens with one attached hydrogen (secondary N) is 1. The molecule has 0 unspecified atom stereocenters. The quantitative estimate of drug-likeness (QED) is 0.773. The normalized spacial score (nSPS) is 19.8. The number of hydrogen-bond donors (Lipinski definition) is 1. The molecule has 4 rings (SSSR count). The molecule has 1 aliphatic rings. The molecule has 25 heavy (non-hydrogen) atoms. The number of nitrogens with zero attached hydrogens (tertiary/aromatic N) is 4. The van der Waals surface area contributed by atoms with Gasteiger partial charge in [0.25, 0.3) is 0 Å². The second kappa shape index (κ2) is 7.19. The number of benzene rings is 1. The summed E-state index contributed by atoms with van der Waals surface area (Å²) in [4.78, 5) is 7.05. The van der Waals surface area contributed by atoms with Crippen molar-refractivity contribution in [2.75, 3.05) is 13.1 Å². The van der Waals surface area contributed by atoms with Gasteiger partial charge < -0.3 is 4.52 Å². The van der Waals surface area contributed by atoms with Crippen LogP contribution in [0.2, 0.25) is 0 Å². The predicted octanol–water partition coefficient (Wildman–Crippen LogP) is 3.32. The zero-order chi connectivity index (χ0) is 17.1. The monoisotopic (exact) mass is 337 g/mol. The van der Waals surface area contributed by atoms with Gasteiger partial charge in [0, 0.05) is 30.8 Å². The van der Waals surface area contributed by atoms with Crippen molar-refractivity contribution in [1.82, 2.24) is 25.2 Å². The van der Waals surface area contributed by atoms with Gasteiger partial charge in [-0.2, -0.15) is 10.1 Å². The maximum Gasteiger partial charge on any atom is 0.243 e. The molecule has 0 saturated carbocycles. The first-order valence-corrected chi connectivity index (χ1v) is 8.89. The second-order valence-corrected chi connectivity index (χ2v) is 6.73. The van der Waals surface area contributed by atoms with Crippen molar-refractivity contribution in [2.24, 2.45) is 0 Å². The highest BCUT2D eigenvalue weighted by atomic mass is 16.5. The van der Waals surface area contributed by atoms with E-state index in [0.29, 0.717) is 18.2 Å². The number of piperidine rings is 1. The summed E-state index contributed by atoms with van der Waals surface area (Å²) in [6.07, 6.45) is 4.88. The number of hydrogen-bond acceptors (Lipinski definition) is 5. The van der Waals surface area contributed by atoms with Crippen LogP contribution in [-0.4, -0.2) is 38.3 Å². The van der Waals surface area contributed by atoms with E-state index in [9.17, 15) is 0 Å². The van der Waals surface area contributed by atoms with Gasteiger partial charge >= 0.3 is 0 Å². The smallest absolute Gasteiger partial charge is 0.243 e. The molecular formula is C19H23N5O. The van der Waals surface area contributed by atoms with Crippen LogP contribution in [0.15, 0.2) is 47.1 Å². The molecular weight excluding hydrogens is 314 g/mol. The first kappa shape index (κ1) is 16.0. The summed E-state index contributed by atoms with van der Waals surface area (Å²) in [5.74, 6) is 1.94. The first-order chi connectivity index (χ1) is 12.3. The molecule has 1 aromatic carbocycles. The van der Waals surface area contributed by atoms with Crippen LogP contribution in [0.1, 0.15) is 54.7 Å². The standard InChI is InChI=1S/C19H23N5O/c1-14(24-11-5-8-16(13-24)17-9-10-20-22-17)19-21-18(23-25-19)12-15-6-3-2-4-7-15/h2-4,6-7,9-10,14,16H,5,8,11-13H2,1H3,(H,20,22)/t14-,16-/m1/s1. The zero-order valence-corrected chi connectivity index (χ0v) is 14.4. The molecule has 0 spiro atoms. The fourth-order valence-corrected chi connectivity index (χ4v) is 3.55. The summed E-state index contributed by atoms with van der Waals surface area (Å²) in [6.45, 7) is 4.19. The van der Waals surface area contributed by atoms with E-state index in [1.165, 1.54) is 24.1 Å². The van der Waals surface area contributed by atoms with E-state index in [1.807, 2.05) is 24.4 Å². The minimum absolute atomic E-state index is 0.128. The summed E-state index contributed by atoms with van der Waals surface area (Å²) < 4.78 is 5.55. The van der Waals surface area contributed by atoms with Gasteiger partial charge in [0.2, 0.25) is 5.89 Å². The van der Waals surface area contributed by atoms with Crippen molar-refractivity contribution in [1.29, 1.82) is 0 Å². The van der Waals surface area contributed by atoms with Gasteiger partial charge in [0.15, 0.2) is 5.82 Å². The molecule has 2 atom stereocenters. The number of aromatic amines is 1. The Morgan fingerprint density at radius 2 is 2.16 bits per heavy atom. The molecule has 6 nitrogen and oxygen atoms in total. The van der Waals surface area contributed by atoms with Crippen LogP contribution >= 0.6 is 0 Å². The number of likely N-dealkylation sites (tertiary alicyclic amines) is 1. The molecule has 1 aliphatic heterocycles. The van der Waals surface area contributed by atoms with Crippen molar-refractivity contribution < 1.29 is 4.52 Å². The van der Waals surface area contributed by atoms with Gasteiger partial charge in [-0.3, -0.25) is 10.00 Å². The Morgan fingerprint density at radius 1 is 1.28 bits per heavy atom. The van der Waals surface area contributed by atoms with E-state index in [1.54, 1.807) is 0 Å². The van der Waals surface area contributed by atoms with E-state index in [4.69, 9.17) is 4.52 Å². The number of H-pyrrole nitrogens is 1. The van der Waals surface area contributed by atoms with Crippen molar-refractivity contribution >= 4 is 0 Å². The third kappa shape index (κ3) is 3.64. The van der Waals surface area contributed by atoms with Crippen molar-refractivity contribution in [2.45, 2.75) is 38.1 Å². The Morgan fingerprint density at radius 3 is 2.96 bits per heavy atom. The molecule has 3 aromatic rings. The Kier molecular flexibility index (Phi) is 4.61. The maximum absolute atomic E-state index is 5.55. The van der Waals surface area contributed by atoms with Crippen LogP contribution in [0.5, 0.6) is 0 Å². The predicted molar refractivity (Wildman–Crippen MR) is 94.1 cm³/mol. The highest BCUT2D eigenvalue weighted by Gasteiger charge is 2.28. The highest BCUT2D eigenvalue weighted by molar-refractivity contribution is 5.18. The minimum atomic E-state index is 0.128. The minimum Gasteiger partial charge on any atom is -0.338 e. The van der Waals surface area contributed by atoms with Gasteiger partial charge in [-0.1, -0.05) is 35.5 Å². The molecule has 0 bridgehead atoms. The van der Waals surface area contributed by atoms with Crippen molar-refractivity contribution in [3.05, 3.63) is 65.6 Å². The molecule has 1 N–H and O–H groups in total. The molecule has 0 radical (unpaired) electrons. The first-order valence-electron chi connectivity index (χ1n) is 8.89. The lowest BCUT2D eigenvalue weighted by atomic mass is 9.94. The van der Waals surface area contributed by atoms with E-state index in [2.05, 4.69) is 50.4 Å². The number of aromatic nitrogens is 4. The van der Waals surface area contributed by atoms with Crippen molar-refractivity contribution in [3.63, 3.8) is 0 Å². The topological polar surface area (TPSA) is 70.8 Å². The lowest BCUT2D eigenvalue weighted by Crippen LogP contribution is -2.36. The highest BCUT2D eigenvalue weighted by Crippen LogP contribution is 2.30. The van der Waals surface area contributed by atoms with Gasteiger partial charge in [0.1, 0.15) is 0 Å². The Labute approximate surface area is 147 Å². The van der Waals surface area contributed by atoms with Gasteiger partial charge in [-0.15, -0.1) is 0 Å². The van der Waals surface area contributed by atoms with E-state index >= 15 is 0 Å². The SMILES string of the molecule is C[C@H](c1nc(Cc2ccccc2)no1)N1CCC[C@@H](c2ccn[nH]2)C1. The molecule has 0 amide bonds. The lowest BCUT2D eigenvalue weighted by molar-refractivity contribution is 0.132. The zero-order valence-electron chi connectivity index (χ0n) is 14.4. The summed E-state index contributed by atoms with van der Waals surface area (Å²) in [5, 5.41) is 11.4. The molecule has 6 heteroatoms. The molecule has 0 aliphatic carbocycles. The third-order valence-corrected chi connectivity index (χ3v) is 5.01. The van der Waals surface area contributed by atoms with Crippen LogP contribution in [0.4, 0.5) is 0 Å². The lowest BCUT2D eigenvalue weighted by Gasteiger charge is -2.34. The number of rotatable bonds is 5. The van der Waals surface area contributed by atoms with Crippen LogP contribution in [0.3, 0.4) is 0 Å². The molecule has 1 fully saturated rings. The average Bonchev–Trinajstić information content (AvgIpc) is 3.34. The van der Waals surface area contributed by atoms with E-state index in [-0.39, 0.29) is 6.04 Å². The second-order valence-electron chi connectivity index (χ2n) is 6.73. The van der Waals surface area contributed by atoms with Crippen molar-refractivity contribution in [3.8, 4) is 0 Å². The summed E-state index contributed by atoms with van der Waals surface area (Å²) in [6, 6.07) is 12.4. The van der Waals surface area contributed by atoms with Gasteiger partial charge in [0.05, 0.1) is 6.04 Å². The Balaban J connectivity index is 1.43. The molecule has 1 saturated heterocycles. The van der Waals surface area contributed by atoms with Crippen LogP contribution < -0.4 is 0 Å².